The lowest BCUT2D eigenvalue weighted by atomic mass is 9.73. The Kier molecular flexibility index (Phi) is 4.70. The van der Waals surface area contributed by atoms with E-state index in [4.69, 9.17) is 11.6 Å². The molecule has 2 unspecified atom stereocenters. The van der Waals surface area contributed by atoms with Crippen LogP contribution in [0.25, 0.3) is 0 Å². The van der Waals surface area contributed by atoms with Crippen LogP contribution in [0.2, 0.25) is 5.02 Å². The number of benzene rings is 1. The molecule has 126 valence electrons. The zero-order chi connectivity index (χ0) is 16.5. The van der Waals surface area contributed by atoms with Crippen molar-refractivity contribution in [2.75, 3.05) is 12.3 Å². The molecule has 2 atom stereocenters. The van der Waals surface area contributed by atoms with Gasteiger partial charge in [-0.1, -0.05) is 36.6 Å². The average Bonchev–Trinajstić information content (AvgIpc) is 2.61. The fraction of sp³-hybridized carbons (Fsp3) is 0.588. The monoisotopic (exact) mass is 355 g/mol. The van der Waals surface area contributed by atoms with Gasteiger partial charge in [0.15, 0.2) is 9.84 Å². The molecule has 1 saturated carbocycles. The molecule has 1 aliphatic heterocycles. The maximum atomic E-state index is 13.0. The molecular formula is C17H22ClNO3S. The van der Waals surface area contributed by atoms with Crippen molar-refractivity contribution < 1.29 is 13.2 Å². The van der Waals surface area contributed by atoms with Crippen molar-refractivity contribution in [1.82, 2.24) is 5.32 Å². The average molecular weight is 356 g/mol. The van der Waals surface area contributed by atoms with Gasteiger partial charge in [0.1, 0.15) is 0 Å². The fourth-order valence-corrected chi connectivity index (χ4v) is 6.51. The number of amides is 1. The molecule has 1 aromatic rings. The van der Waals surface area contributed by atoms with Gasteiger partial charge >= 0.3 is 0 Å². The Balaban J connectivity index is 1.95. The van der Waals surface area contributed by atoms with Gasteiger partial charge in [-0.2, -0.15) is 0 Å². The van der Waals surface area contributed by atoms with Gasteiger partial charge in [0.05, 0.1) is 10.5 Å². The van der Waals surface area contributed by atoms with E-state index in [1.807, 2.05) is 24.3 Å². The van der Waals surface area contributed by atoms with Crippen LogP contribution in [0, 0.1) is 5.92 Å². The van der Waals surface area contributed by atoms with Crippen LogP contribution in [0.5, 0.6) is 0 Å². The van der Waals surface area contributed by atoms with Crippen LogP contribution in [0.15, 0.2) is 24.3 Å². The third-order valence-corrected chi connectivity index (χ3v) is 8.23. The Morgan fingerprint density at radius 3 is 2.70 bits per heavy atom. The molecule has 0 aromatic heterocycles. The molecule has 1 spiro atoms. The normalized spacial score (nSPS) is 30.7. The molecular weight excluding hydrogens is 334 g/mol. The number of hydrogen-bond acceptors (Lipinski definition) is 3. The van der Waals surface area contributed by atoms with Crippen molar-refractivity contribution in [2.45, 2.75) is 43.3 Å². The van der Waals surface area contributed by atoms with Gasteiger partial charge in [-0.3, -0.25) is 4.79 Å². The molecule has 1 heterocycles. The molecule has 6 heteroatoms. The molecule has 3 rings (SSSR count). The van der Waals surface area contributed by atoms with Crippen LogP contribution in [0.1, 0.15) is 37.7 Å². The number of carbonyl (C=O) groups excluding carboxylic acids is 1. The van der Waals surface area contributed by atoms with E-state index in [0.717, 1.165) is 24.8 Å². The predicted octanol–water partition coefficient (Wildman–Crippen LogP) is 2.75. The van der Waals surface area contributed by atoms with Crippen molar-refractivity contribution >= 4 is 27.3 Å². The maximum Gasteiger partial charge on any atom is 0.221 e. The van der Waals surface area contributed by atoms with Crippen molar-refractivity contribution in [1.29, 1.82) is 0 Å². The molecule has 1 amide bonds. The molecule has 1 aromatic carbocycles. The van der Waals surface area contributed by atoms with Crippen LogP contribution in [0.4, 0.5) is 0 Å². The lowest BCUT2D eigenvalue weighted by Crippen LogP contribution is -2.50. The van der Waals surface area contributed by atoms with Crippen molar-refractivity contribution in [3.63, 3.8) is 0 Å². The number of rotatable bonds is 2. The number of nitrogens with one attached hydrogen (secondary N) is 1. The lowest BCUT2D eigenvalue weighted by Gasteiger charge is -2.42. The summed E-state index contributed by atoms with van der Waals surface area (Å²) in [5, 5.41) is 3.40. The van der Waals surface area contributed by atoms with Gasteiger partial charge in [0.25, 0.3) is 0 Å². The fourth-order valence-electron chi connectivity index (χ4n) is 4.09. The Morgan fingerprint density at radius 1 is 1.22 bits per heavy atom. The lowest BCUT2D eigenvalue weighted by molar-refractivity contribution is -0.121. The molecule has 1 aliphatic carbocycles. The van der Waals surface area contributed by atoms with Gasteiger partial charge in [0.2, 0.25) is 5.91 Å². The summed E-state index contributed by atoms with van der Waals surface area (Å²) in [7, 11) is -3.30. The third-order valence-electron chi connectivity index (χ3n) is 5.31. The highest BCUT2D eigenvalue weighted by atomic mass is 35.5. The van der Waals surface area contributed by atoms with Gasteiger partial charge in [-0.25, -0.2) is 8.42 Å². The summed E-state index contributed by atoms with van der Waals surface area (Å²) in [5.41, 5.74) is 1.08. The van der Waals surface area contributed by atoms with E-state index in [-0.39, 0.29) is 30.5 Å². The highest BCUT2D eigenvalue weighted by molar-refractivity contribution is 7.92. The van der Waals surface area contributed by atoms with E-state index in [1.165, 1.54) is 0 Å². The number of sulfone groups is 1. The summed E-state index contributed by atoms with van der Waals surface area (Å²) in [4.78, 5) is 12.1. The first kappa shape index (κ1) is 16.8. The number of hydrogen-bond donors (Lipinski definition) is 1. The molecule has 0 radical (unpaired) electrons. The van der Waals surface area contributed by atoms with Crippen LogP contribution in [-0.2, 0) is 21.1 Å². The molecule has 1 N–H and O–H groups in total. The van der Waals surface area contributed by atoms with Crippen LogP contribution < -0.4 is 5.32 Å². The summed E-state index contributed by atoms with van der Waals surface area (Å²) in [6.07, 6.45) is 4.15. The largest absolute Gasteiger partial charge is 0.355 e. The highest BCUT2D eigenvalue weighted by Crippen LogP contribution is 2.45. The van der Waals surface area contributed by atoms with Gasteiger partial charge < -0.3 is 5.32 Å². The summed E-state index contributed by atoms with van der Waals surface area (Å²) < 4.78 is 25.0. The molecule has 23 heavy (non-hydrogen) atoms. The van der Waals surface area contributed by atoms with Gasteiger partial charge in [0, 0.05) is 18.0 Å². The molecule has 2 aliphatic rings. The van der Waals surface area contributed by atoms with Crippen molar-refractivity contribution in [3.05, 3.63) is 34.9 Å². The predicted molar refractivity (Wildman–Crippen MR) is 91.3 cm³/mol. The highest BCUT2D eigenvalue weighted by Gasteiger charge is 2.52. The Bertz CT molecular complexity index is 686. The van der Waals surface area contributed by atoms with Gasteiger partial charge in [-0.05, 0) is 42.9 Å². The minimum absolute atomic E-state index is 0.00808. The minimum Gasteiger partial charge on any atom is -0.355 e. The molecule has 1 saturated heterocycles. The molecule has 0 bridgehead atoms. The zero-order valence-corrected chi connectivity index (χ0v) is 14.6. The first-order valence-electron chi connectivity index (χ1n) is 8.16. The smallest absolute Gasteiger partial charge is 0.221 e. The number of carbonyl (C=O) groups is 1. The van der Waals surface area contributed by atoms with E-state index in [9.17, 15) is 13.2 Å². The van der Waals surface area contributed by atoms with Gasteiger partial charge in [-0.15, -0.1) is 0 Å². The van der Waals surface area contributed by atoms with E-state index in [0.29, 0.717) is 17.9 Å². The third kappa shape index (κ3) is 3.26. The topological polar surface area (TPSA) is 63.2 Å². The Morgan fingerprint density at radius 2 is 1.96 bits per heavy atom. The summed E-state index contributed by atoms with van der Waals surface area (Å²) >= 11 is 5.93. The Labute approximate surface area is 142 Å². The maximum absolute atomic E-state index is 13.0. The summed E-state index contributed by atoms with van der Waals surface area (Å²) in [5.74, 6) is -0.0871. The van der Waals surface area contributed by atoms with E-state index >= 15 is 0 Å². The molecule has 2 fully saturated rings. The Hall–Kier alpha value is -1.07. The first-order chi connectivity index (χ1) is 10.9. The summed E-state index contributed by atoms with van der Waals surface area (Å²) in [6, 6.07) is 7.57. The van der Waals surface area contributed by atoms with Crippen LogP contribution in [0.3, 0.4) is 0 Å². The van der Waals surface area contributed by atoms with Crippen molar-refractivity contribution in [3.8, 4) is 0 Å². The van der Waals surface area contributed by atoms with Crippen LogP contribution >= 0.6 is 11.6 Å². The van der Waals surface area contributed by atoms with E-state index < -0.39 is 14.6 Å². The minimum atomic E-state index is -3.30. The second kappa shape index (κ2) is 6.44. The second-order valence-electron chi connectivity index (χ2n) is 6.68. The molecule has 4 nitrogen and oxygen atoms in total. The van der Waals surface area contributed by atoms with E-state index in [2.05, 4.69) is 5.32 Å². The second-order valence-corrected chi connectivity index (χ2v) is 9.57. The van der Waals surface area contributed by atoms with E-state index in [1.54, 1.807) is 0 Å². The first-order valence-corrected chi connectivity index (χ1v) is 10.2. The van der Waals surface area contributed by atoms with Crippen molar-refractivity contribution in [2.24, 2.45) is 5.92 Å². The SMILES string of the molecule is O=C1CC2(CCCCC2Cc2ccc(Cl)cc2)S(=O)(=O)CCN1. The quantitative estimate of drug-likeness (QED) is 0.887. The number of halogens is 1. The zero-order valence-electron chi connectivity index (χ0n) is 13.1. The standard InChI is InChI=1S/C17H22ClNO3S/c18-15-6-4-13(5-7-15)11-14-3-1-2-8-17(14)12-16(20)19-9-10-23(17,21)22/h4-7,14H,1-3,8-12H2,(H,19,20). The summed E-state index contributed by atoms with van der Waals surface area (Å²) in [6.45, 7) is 0.233. The van der Waals surface area contributed by atoms with Crippen LogP contribution in [-0.4, -0.2) is 31.4 Å².